The van der Waals surface area contributed by atoms with Crippen molar-refractivity contribution in [3.05, 3.63) is 34.5 Å². The largest absolute Gasteiger partial charge is 0.434 e. The highest BCUT2D eigenvalue weighted by atomic mass is 35.5. The van der Waals surface area contributed by atoms with Gasteiger partial charge in [0.25, 0.3) is 5.91 Å². The number of nitrogens with one attached hydrogen (secondary N) is 1. The van der Waals surface area contributed by atoms with Gasteiger partial charge < -0.3 is 15.2 Å². The van der Waals surface area contributed by atoms with Crippen molar-refractivity contribution in [3.8, 4) is 17.0 Å². The minimum Gasteiger partial charge on any atom is -0.434 e. The molecule has 1 aromatic heterocycles. The van der Waals surface area contributed by atoms with E-state index in [2.05, 4.69) is 22.1 Å². The quantitative estimate of drug-likeness (QED) is 0.339. The first kappa shape index (κ1) is 34.6. The summed E-state index contributed by atoms with van der Waals surface area (Å²) in [4.78, 5) is 12.9. The predicted molar refractivity (Wildman–Crippen MR) is 142 cm³/mol. The Morgan fingerprint density at radius 3 is 2.44 bits per heavy atom. The van der Waals surface area contributed by atoms with Gasteiger partial charge in [0, 0.05) is 24.6 Å². The number of hydrogen-bond donors (Lipinski definition) is 2. The summed E-state index contributed by atoms with van der Waals surface area (Å²) in [6, 6.07) is 3.86. The van der Waals surface area contributed by atoms with Crippen molar-refractivity contribution >= 4 is 29.1 Å². The summed E-state index contributed by atoms with van der Waals surface area (Å²) in [5.74, 6) is -0.668. The van der Waals surface area contributed by atoms with E-state index in [9.17, 15) is 31.9 Å². The first-order chi connectivity index (χ1) is 19.1. The van der Waals surface area contributed by atoms with Gasteiger partial charge in [-0.25, -0.2) is 0 Å². The number of ether oxygens (including phenoxy) is 1. The van der Waals surface area contributed by atoms with Crippen LogP contribution in [0, 0.1) is 17.3 Å². The minimum atomic E-state index is -4.51. The fourth-order valence-electron chi connectivity index (χ4n) is 4.71. The van der Waals surface area contributed by atoms with Gasteiger partial charge in [0.2, 0.25) is 0 Å². The molecule has 3 atom stereocenters. The van der Waals surface area contributed by atoms with E-state index in [-0.39, 0.29) is 52.3 Å². The number of aromatic nitrogens is 2. The van der Waals surface area contributed by atoms with Crippen molar-refractivity contribution in [2.45, 2.75) is 78.8 Å². The summed E-state index contributed by atoms with van der Waals surface area (Å²) < 4.78 is 89.3. The van der Waals surface area contributed by atoms with Crippen molar-refractivity contribution in [2.75, 3.05) is 6.54 Å². The number of benzene rings is 1. The van der Waals surface area contributed by atoms with E-state index in [1.165, 1.54) is 16.8 Å². The number of aryl methyl sites for hydroxylation is 1. The van der Waals surface area contributed by atoms with E-state index in [0.717, 1.165) is 32.8 Å². The summed E-state index contributed by atoms with van der Waals surface area (Å²) >= 11 is 5.79. The van der Waals surface area contributed by atoms with Crippen LogP contribution >= 0.6 is 11.6 Å². The highest BCUT2D eigenvalue weighted by Gasteiger charge is 2.47. The molecule has 41 heavy (non-hydrogen) atoms. The number of aliphatic hydroxyl groups excluding tert-OH is 1. The van der Waals surface area contributed by atoms with Crippen molar-refractivity contribution in [1.82, 2.24) is 15.1 Å². The number of nitrogens with zero attached hydrogens (tertiary/aromatic N) is 2. The lowest BCUT2D eigenvalue weighted by atomic mass is 9.81. The fourth-order valence-corrected chi connectivity index (χ4v) is 5.03. The summed E-state index contributed by atoms with van der Waals surface area (Å²) in [5.41, 5.74) is -1.90. The van der Waals surface area contributed by atoms with Gasteiger partial charge in [-0.15, -0.1) is 0 Å². The predicted octanol–water partition coefficient (Wildman–Crippen LogP) is 5.81. The lowest BCUT2D eigenvalue weighted by Crippen LogP contribution is -2.38. The Hall–Kier alpha value is -2.58. The first-order valence-electron chi connectivity index (χ1n) is 12.8. The number of carbonyl (C=O) groups is 1. The number of alkyl halides is 5. The fraction of sp³-hybridized carbons (Fsp3) is 0.615. The summed E-state index contributed by atoms with van der Waals surface area (Å²) in [5, 5.41) is 17.2. The number of rotatable bonds is 9. The molecule has 1 fully saturated rings. The Morgan fingerprint density at radius 1 is 1.27 bits per heavy atom. The maximum Gasteiger partial charge on any atom is 0.394 e. The average Bonchev–Trinajstić information content (AvgIpc) is 3.19. The van der Waals surface area contributed by atoms with Crippen molar-refractivity contribution in [3.63, 3.8) is 0 Å². The Labute approximate surface area is 243 Å². The molecule has 0 radical (unpaired) electrons. The van der Waals surface area contributed by atoms with Gasteiger partial charge in [-0.3, -0.25) is 9.48 Å². The summed E-state index contributed by atoms with van der Waals surface area (Å²) in [6.45, 7) is 3.02. The standard InChI is InChI=1S/C26H33ClF5N3O3.O2S/c1-5-35-22(20(27)21(34-35)23(37)33-13-16-8-6-14(2)10-18(16)36)17-9-7-15(11-19(17)38-24(28)29)12-25(3,4)26(30,31)32;1-3-2/h7,9,11,14,16,18,24,36H,5-6,8,10,12-13H2,1-4H3,(H,33,37);/t14-,16+,18-;/m0./s1. The molecule has 2 N–H and O–H groups in total. The van der Waals surface area contributed by atoms with E-state index in [1.807, 2.05) is 0 Å². The average molecular weight is 630 g/mol. The summed E-state index contributed by atoms with van der Waals surface area (Å²) in [6.07, 6.45) is -3.15. The molecule has 15 heteroatoms. The van der Waals surface area contributed by atoms with E-state index < -0.39 is 48.2 Å². The lowest BCUT2D eigenvalue weighted by Gasteiger charge is -2.31. The number of amides is 1. The zero-order valence-corrected chi connectivity index (χ0v) is 24.5. The molecule has 1 heterocycles. The van der Waals surface area contributed by atoms with Crippen LogP contribution < -0.4 is 10.1 Å². The molecular weight excluding hydrogens is 597 g/mol. The van der Waals surface area contributed by atoms with Gasteiger partial charge in [0.15, 0.2) is 5.69 Å². The van der Waals surface area contributed by atoms with Crippen molar-refractivity contribution in [1.29, 1.82) is 0 Å². The molecule has 2 aromatic rings. The lowest BCUT2D eigenvalue weighted by molar-refractivity contribution is -0.211. The van der Waals surface area contributed by atoms with Gasteiger partial charge in [-0.05, 0) is 49.8 Å². The maximum absolute atomic E-state index is 13.4. The minimum absolute atomic E-state index is 0.0638. The number of hydrogen-bond acceptors (Lipinski definition) is 6. The highest BCUT2D eigenvalue weighted by molar-refractivity contribution is 7.51. The van der Waals surface area contributed by atoms with Crippen LogP contribution in [0.4, 0.5) is 22.0 Å². The Morgan fingerprint density at radius 2 is 1.90 bits per heavy atom. The van der Waals surface area contributed by atoms with Crippen LogP contribution in [0.2, 0.25) is 5.02 Å². The molecule has 1 aromatic carbocycles. The zero-order valence-electron chi connectivity index (χ0n) is 22.9. The molecule has 1 amide bonds. The Kier molecular flexibility index (Phi) is 12.3. The van der Waals surface area contributed by atoms with E-state index in [4.69, 9.17) is 20.0 Å². The molecule has 1 aliphatic rings. The molecule has 230 valence electrons. The number of halogens is 6. The highest BCUT2D eigenvalue weighted by Crippen LogP contribution is 2.43. The monoisotopic (exact) mass is 629 g/mol. The van der Waals surface area contributed by atoms with Gasteiger partial charge in [0.1, 0.15) is 5.75 Å². The normalized spacial score (nSPS) is 19.4. The Balaban J connectivity index is 0.00000187. The van der Waals surface area contributed by atoms with E-state index >= 15 is 0 Å². The van der Waals surface area contributed by atoms with Gasteiger partial charge in [0.05, 0.1) is 22.2 Å². The van der Waals surface area contributed by atoms with Crippen molar-refractivity contribution < 1.29 is 45.0 Å². The van der Waals surface area contributed by atoms with Crippen LogP contribution in [0.25, 0.3) is 11.3 Å². The molecule has 0 spiro atoms. The smallest absolute Gasteiger partial charge is 0.394 e. The molecule has 0 saturated heterocycles. The van der Waals surface area contributed by atoms with Gasteiger partial charge in [-0.2, -0.15) is 35.5 Å². The third-order valence-electron chi connectivity index (χ3n) is 7.08. The van der Waals surface area contributed by atoms with Crippen LogP contribution in [-0.4, -0.2) is 54.6 Å². The second kappa shape index (κ2) is 14.5. The first-order valence-corrected chi connectivity index (χ1v) is 13.9. The second-order valence-electron chi connectivity index (χ2n) is 10.6. The zero-order chi connectivity index (χ0) is 31.1. The molecule has 1 aliphatic carbocycles. The SMILES string of the molecule is CCn1nc(C(=O)NC[C@H]2CC[C@H](C)C[C@@H]2O)c(Cl)c1-c1ccc(CC(C)(C)C(F)(F)F)cc1OC(F)F.O=S=O. The molecule has 3 rings (SSSR count). The summed E-state index contributed by atoms with van der Waals surface area (Å²) in [7, 11) is 0. The van der Waals surface area contributed by atoms with Gasteiger partial charge in [-0.1, -0.05) is 44.9 Å². The molecule has 8 nitrogen and oxygen atoms in total. The van der Waals surface area contributed by atoms with Crippen LogP contribution in [0.15, 0.2) is 18.2 Å². The van der Waals surface area contributed by atoms with Crippen LogP contribution in [-0.2, 0) is 24.5 Å². The third kappa shape index (κ3) is 8.95. The number of carbonyl (C=O) groups excluding carboxylic acids is 1. The van der Waals surface area contributed by atoms with Crippen LogP contribution in [0.1, 0.15) is 63.0 Å². The maximum atomic E-state index is 13.4. The van der Waals surface area contributed by atoms with E-state index in [0.29, 0.717) is 12.3 Å². The molecule has 1 saturated carbocycles. The van der Waals surface area contributed by atoms with Crippen molar-refractivity contribution in [2.24, 2.45) is 17.3 Å². The van der Waals surface area contributed by atoms with E-state index in [1.54, 1.807) is 6.92 Å². The molecule has 0 aliphatic heterocycles. The molecule has 0 bridgehead atoms. The third-order valence-corrected chi connectivity index (χ3v) is 7.44. The van der Waals surface area contributed by atoms with Crippen LogP contribution in [0.5, 0.6) is 5.75 Å². The Bertz CT molecular complexity index is 1230. The van der Waals surface area contributed by atoms with Crippen LogP contribution in [0.3, 0.4) is 0 Å². The molecule has 0 unspecified atom stereocenters. The second-order valence-corrected chi connectivity index (χ2v) is 11.1. The number of aliphatic hydroxyl groups is 1. The molecular formula is C26H33ClF5N3O5S. The van der Waals surface area contributed by atoms with Gasteiger partial charge >= 0.3 is 24.4 Å². The topological polar surface area (TPSA) is 111 Å².